The lowest BCUT2D eigenvalue weighted by Crippen LogP contribution is -2.27. The van der Waals surface area contributed by atoms with E-state index in [-0.39, 0.29) is 17.9 Å². The molecule has 0 unspecified atom stereocenters. The third-order valence-electron chi connectivity index (χ3n) is 5.45. The van der Waals surface area contributed by atoms with Crippen LogP contribution in [0.15, 0.2) is 66.7 Å². The summed E-state index contributed by atoms with van der Waals surface area (Å²) in [7, 11) is 4.55. The van der Waals surface area contributed by atoms with Crippen molar-refractivity contribution in [2.75, 3.05) is 21.3 Å². The SMILES string of the molecule is COc1cc(C(=O)Cn2c(=N)n(Cc3ccccc3)c3ccccc32)cc(OC)c1OC. The topological polar surface area (TPSA) is 78.5 Å². The number of ketones is 1. The standard InChI is InChI=1S/C25H25N3O4/c1-30-22-13-18(14-23(31-2)24(22)32-3)21(29)16-28-20-12-8-7-11-19(20)27(25(28)26)15-17-9-5-4-6-10-17/h4-14,26H,15-16H2,1-3H3. The summed E-state index contributed by atoms with van der Waals surface area (Å²) in [6.45, 7) is 0.561. The van der Waals surface area contributed by atoms with E-state index in [2.05, 4.69) is 0 Å². The number of hydrogen-bond donors (Lipinski definition) is 1. The average molecular weight is 431 g/mol. The summed E-state index contributed by atoms with van der Waals surface area (Å²) in [5.74, 6) is 1.10. The van der Waals surface area contributed by atoms with Crippen LogP contribution in [-0.2, 0) is 13.1 Å². The normalized spacial score (nSPS) is 10.8. The molecule has 0 radical (unpaired) electrons. The molecule has 0 aliphatic heterocycles. The number of methoxy groups -OCH3 is 3. The van der Waals surface area contributed by atoms with E-state index in [0.29, 0.717) is 29.4 Å². The highest BCUT2D eigenvalue weighted by Gasteiger charge is 2.19. The number of para-hydroxylation sites is 2. The second-order valence-corrected chi connectivity index (χ2v) is 7.31. The molecule has 4 rings (SSSR count). The van der Waals surface area contributed by atoms with Crippen LogP contribution in [0.5, 0.6) is 17.2 Å². The number of fused-ring (bicyclic) bond motifs is 1. The van der Waals surface area contributed by atoms with Gasteiger partial charge in [-0.3, -0.25) is 10.2 Å². The number of nitrogens with zero attached hydrogens (tertiary/aromatic N) is 2. The summed E-state index contributed by atoms with van der Waals surface area (Å²) in [6, 6.07) is 21.0. The zero-order valence-electron chi connectivity index (χ0n) is 18.3. The smallest absolute Gasteiger partial charge is 0.203 e. The minimum Gasteiger partial charge on any atom is -0.493 e. The van der Waals surface area contributed by atoms with Crippen molar-refractivity contribution in [3.05, 3.63) is 83.5 Å². The van der Waals surface area contributed by atoms with E-state index in [1.165, 1.54) is 21.3 Å². The Morgan fingerprint density at radius 2 is 1.38 bits per heavy atom. The maximum absolute atomic E-state index is 13.2. The third kappa shape index (κ3) is 3.85. The Balaban J connectivity index is 1.75. The van der Waals surface area contributed by atoms with E-state index in [1.807, 2.05) is 59.2 Å². The predicted molar refractivity (Wildman–Crippen MR) is 122 cm³/mol. The molecule has 7 heteroatoms. The highest BCUT2D eigenvalue weighted by atomic mass is 16.5. The number of hydrogen-bond acceptors (Lipinski definition) is 5. The summed E-state index contributed by atoms with van der Waals surface area (Å²) < 4.78 is 19.7. The van der Waals surface area contributed by atoms with Gasteiger partial charge in [0.05, 0.1) is 45.5 Å². The summed E-state index contributed by atoms with van der Waals surface area (Å²) in [5.41, 5.74) is 3.50. The van der Waals surface area contributed by atoms with Crippen molar-refractivity contribution < 1.29 is 19.0 Å². The Bertz CT molecular complexity index is 1300. The van der Waals surface area contributed by atoms with Crippen LogP contribution in [0.3, 0.4) is 0 Å². The van der Waals surface area contributed by atoms with Crippen molar-refractivity contribution in [2.45, 2.75) is 13.1 Å². The summed E-state index contributed by atoms with van der Waals surface area (Å²) >= 11 is 0. The predicted octanol–water partition coefficient (Wildman–Crippen LogP) is 3.88. The molecular weight excluding hydrogens is 406 g/mol. The van der Waals surface area contributed by atoms with Crippen molar-refractivity contribution in [1.82, 2.24) is 9.13 Å². The molecule has 0 saturated carbocycles. The third-order valence-corrected chi connectivity index (χ3v) is 5.45. The van der Waals surface area contributed by atoms with Gasteiger partial charge >= 0.3 is 0 Å². The van der Waals surface area contributed by atoms with E-state index in [0.717, 1.165) is 16.6 Å². The molecule has 3 aromatic carbocycles. The van der Waals surface area contributed by atoms with Gasteiger partial charge in [-0.15, -0.1) is 0 Å². The largest absolute Gasteiger partial charge is 0.493 e. The maximum atomic E-state index is 13.2. The van der Waals surface area contributed by atoms with E-state index in [9.17, 15) is 4.79 Å². The molecule has 0 amide bonds. The second kappa shape index (κ2) is 9.01. The van der Waals surface area contributed by atoms with Crippen molar-refractivity contribution in [3.63, 3.8) is 0 Å². The maximum Gasteiger partial charge on any atom is 0.203 e. The molecule has 32 heavy (non-hydrogen) atoms. The minimum absolute atomic E-state index is 0.0137. The first-order chi connectivity index (χ1) is 15.6. The molecule has 1 aromatic heterocycles. The van der Waals surface area contributed by atoms with Crippen molar-refractivity contribution >= 4 is 16.8 Å². The number of carbonyl (C=O) groups is 1. The fourth-order valence-corrected chi connectivity index (χ4v) is 3.86. The molecule has 0 aliphatic rings. The number of benzene rings is 3. The van der Waals surface area contributed by atoms with Crippen molar-refractivity contribution in [3.8, 4) is 17.2 Å². The number of ether oxygens (including phenoxy) is 3. The van der Waals surface area contributed by atoms with Gasteiger partial charge < -0.3 is 23.3 Å². The van der Waals surface area contributed by atoms with Crippen LogP contribution in [0.1, 0.15) is 15.9 Å². The molecule has 0 saturated heterocycles. The van der Waals surface area contributed by atoms with Gasteiger partial charge in [-0.1, -0.05) is 42.5 Å². The van der Waals surface area contributed by atoms with Gasteiger partial charge in [0.2, 0.25) is 11.4 Å². The van der Waals surface area contributed by atoms with E-state index in [4.69, 9.17) is 19.6 Å². The number of nitrogens with one attached hydrogen (secondary N) is 1. The van der Waals surface area contributed by atoms with E-state index in [1.54, 1.807) is 16.7 Å². The number of aromatic nitrogens is 2. The Morgan fingerprint density at radius 3 is 1.94 bits per heavy atom. The Morgan fingerprint density at radius 1 is 0.812 bits per heavy atom. The first-order valence-corrected chi connectivity index (χ1v) is 10.2. The zero-order chi connectivity index (χ0) is 22.7. The highest BCUT2D eigenvalue weighted by molar-refractivity contribution is 5.98. The number of imidazole rings is 1. The van der Waals surface area contributed by atoms with Crippen LogP contribution in [0, 0.1) is 5.41 Å². The average Bonchev–Trinajstić information content (AvgIpc) is 3.09. The van der Waals surface area contributed by atoms with Crippen LogP contribution in [0.2, 0.25) is 0 Å². The van der Waals surface area contributed by atoms with Gasteiger partial charge in [0.15, 0.2) is 17.3 Å². The highest BCUT2D eigenvalue weighted by Crippen LogP contribution is 2.38. The zero-order valence-corrected chi connectivity index (χ0v) is 18.3. The van der Waals surface area contributed by atoms with Crippen LogP contribution in [0.4, 0.5) is 0 Å². The molecule has 4 aromatic rings. The molecule has 0 bridgehead atoms. The number of Topliss-reactive ketones (excluding diaryl/α,β-unsaturated/α-hetero) is 1. The Labute approximate surface area is 185 Å². The lowest BCUT2D eigenvalue weighted by molar-refractivity contribution is 0.0970. The molecule has 164 valence electrons. The van der Waals surface area contributed by atoms with Crippen LogP contribution >= 0.6 is 0 Å². The fraction of sp³-hybridized carbons (Fsp3) is 0.200. The summed E-state index contributed by atoms with van der Waals surface area (Å²) in [4.78, 5) is 13.2. The molecule has 7 nitrogen and oxygen atoms in total. The second-order valence-electron chi connectivity index (χ2n) is 7.31. The lowest BCUT2D eigenvalue weighted by Gasteiger charge is -2.14. The first-order valence-electron chi connectivity index (χ1n) is 10.2. The monoisotopic (exact) mass is 431 g/mol. The van der Waals surface area contributed by atoms with Crippen LogP contribution < -0.4 is 19.8 Å². The molecule has 0 atom stereocenters. The quantitative estimate of drug-likeness (QED) is 0.430. The first kappa shape index (κ1) is 21.2. The Kier molecular flexibility index (Phi) is 5.98. The van der Waals surface area contributed by atoms with E-state index >= 15 is 0 Å². The fourth-order valence-electron chi connectivity index (χ4n) is 3.86. The van der Waals surface area contributed by atoms with Gasteiger partial charge in [0.25, 0.3) is 0 Å². The number of carbonyl (C=O) groups excluding carboxylic acids is 1. The molecule has 1 N–H and O–H groups in total. The number of rotatable bonds is 8. The molecule has 0 spiro atoms. The minimum atomic E-state index is -0.162. The van der Waals surface area contributed by atoms with E-state index < -0.39 is 0 Å². The van der Waals surface area contributed by atoms with Crippen LogP contribution in [-0.4, -0.2) is 36.2 Å². The van der Waals surface area contributed by atoms with Crippen molar-refractivity contribution in [1.29, 1.82) is 5.41 Å². The molecule has 0 fully saturated rings. The van der Waals surface area contributed by atoms with Gasteiger partial charge in [0, 0.05) is 5.56 Å². The lowest BCUT2D eigenvalue weighted by atomic mass is 10.1. The van der Waals surface area contributed by atoms with Crippen molar-refractivity contribution in [2.24, 2.45) is 0 Å². The van der Waals surface area contributed by atoms with Gasteiger partial charge in [0.1, 0.15) is 0 Å². The van der Waals surface area contributed by atoms with Gasteiger partial charge in [-0.2, -0.15) is 0 Å². The molecule has 1 heterocycles. The Hall–Kier alpha value is -4.00. The molecular formula is C25H25N3O4. The van der Waals surface area contributed by atoms with Crippen LogP contribution in [0.25, 0.3) is 11.0 Å². The van der Waals surface area contributed by atoms with Gasteiger partial charge in [-0.25, -0.2) is 0 Å². The van der Waals surface area contributed by atoms with Gasteiger partial charge in [-0.05, 0) is 29.8 Å². The summed E-state index contributed by atoms with van der Waals surface area (Å²) in [6.07, 6.45) is 0. The molecule has 0 aliphatic carbocycles. The summed E-state index contributed by atoms with van der Waals surface area (Å²) in [5, 5.41) is 8.81.